The van der Waals surface area contributed by atoms with Gasteiger partial charge >= 0.3 is 0 Å². The molecule has 0 amide bonds. The number of rotatable bonds is 2. The van der Waals surface area contributed by atoms with Crippen molar-refractivity contribution < 1.29 is 0 Å². The SMILES string of the molecule is CCN1CCN(C(C)C)[C@@H](C)C1. The summed E-state index contributed by atoms with van der Waals surface area (Å²) in [7, 11) is 0. The molecule has 0 aromatic heterocycles. The largest absolute Gasteiger partial charge is 0.301 e. The molecule has 0 aromatic rings. The second-order valence-electron chi connectivity index (χ2n) is 4.07. The van der Waals surface area contributed by atoms with Gasteiger partial charge in [0.2, 0.25) is 0 Å². The maximum absolute atomic E-state index is 2.59. The van der Waals surface area contributed by atoms with E-state index in [2.05, 4.69) is 37.5 Å². The fourth-order valence-corrected chi connectivity index (χ4v) is 2.10. The topological polar surface area (TPSA) is 6.48 Å². The lowest BCUT2D eigenvalue weighted by atomic mass is 10.1. The van der Waals surface area contributed by atoms with Crippen molar-refractivity contribution in [3.05, 3.63) is 0 Å². The summed E-state index contributed by atoms with van der Waals surface area (Å²) in [4.78, 5) is 5.12. The van der Waals surface area contributed by atoms with Crippen LogP contribution in [-0.4, -0.2) is 48.1 Å². The van der Waals surface area contributed by atoms with Crippen molar-refractivity contribution in [1.82, 2.24) is 9.80 Å². The van der Waals surface area contributed by atoms with Gasteiger partial charge < -0.3 is 4.90 Å². The lowest BCUT2D eigenvalue weighted by Crippen LogP contribution is -2.53. The molecule has 12 heavy (non-hydrogen) atoms. The number of nitrogens with zero attached hydrogens (tertiary/aromatic N) is 2. The van der Waals surface area contributed by atoms with Gasteiger partial charge in [0.15, 0.2) is 0 Å². The summed E-state index contributed by atoms with van der Waals surface area (Å²) in [6.45, 7) is 14.1. The smallest absolute Gasteiger partial charge is 0.0198 e. The molecule has 0 unspecified atom stereocenters. The van der Waals surface area contributed by atoms with Gasteiger partial charge in [-0.25, -0.2) is 0 Å². The molecule has 0 bridgehead atoms. The second-order valence-corrected chi connectivity index (χ2v) is 4.07. The molecule has 0 spiro atoms. The van der Waals surface area contributed by atoms with Crippen molar-refractivity contribution in [1.29, 1.82) is 0 Å². The van der Waals surface area contributed by atoms with E-state index in [-0.39, 0.29) is 0 Å². The fourth-order valence-electron chi connectivity index (χ4n) is 2.10. The minimum atomic E-state index is 0.707. The molecule has 1 fully saturated rings. The summed E-state index contributed by atoms with van der Waals surface area (Å²) < 4.78 is 0. The third-order valence-corrected chi connectivity index (χ3v) is 2.87. The Hall–Kier alpha value is -0.0800. The van der Waals surface area contributed by atoms with Crippen LogP contribution in [0.4, 0.5) is 0 Å². The fraction of sp³-hybridized carbons (Fsp3) is 1.00. The summed E-state index contributed by atoms with van der Waals surface area (Å²) in [5, 5.41) is 0. The molecule has 1 heterocycles. The standard InChI is InChI=1S/C10H22N2/c1-5-11-6-7-12(9(2)3)10(4)8-11/h9-10H,5-8H2,1-4H3/t10-/m0/s1. The Balaban J connectivity index is 2.42. The zero-order valence-corrected chi connectivity index (χ0v) is 8.88. The highest BCUT2D eigenvalue weighted by Gasteiger charge is 2.23. The molecule has 72 valence electrons. The molecule has 1 aliphatic heterocycles. The first kappa shape index (κ1) is 10.0. The number of hydrogen-bond donors (Lipinski definition) is 0. The van der Waals surface area contributed by atoms with Crippen LogP contribution in [0.3, 0.4) is 0 Å². The van der Waals surface area contributed by atoms with Crippen LogP contribution in [0.25, 0.3) is 0 Å². The average molecular weight is 170 g/mol. The number of likely N-dealkylation sites (N-methyl/N-ethyl adjacent to an activating group) is 1. The molecular weight excluding hydrogens is 148 g/mol. The Bertz CT molecular complexity index is 134. The third kappa shape index (κ3) is 2.20. The van der Waals surface area contributed by atoms with Crippen molar-refractivity contribution in [2.75, 3.05) is 26.2 Å². The molecule has 0 aliphatic carbocycles. The Morgan fingerprint density at radius 3 is 2.42 bits per heavy atom. The zero-order valence-electron chi connectivity index (χ0n) is 8.88. The van der Waals surface area contributed by atoms with Gasteiger partial charge in [-0.15, -0.1) is 0 Å². The predicted molar refractivity (Wildman–Crippen MR) is 53.4 cm³/mol. The monoisotopic (exact) mass is 170 g/mol. The van der Waals surface area contributed by atoms with Crippen LogP contribution in [-0.2, 0) is 0 Å². The van der Waals surface area contributed by atoms with E-state index in [0.29, 0.717) is 6.04 Å². The Labute approximate surface area is 76.5 Å². The van der Waals surface area contributed by atoms with Crippen molar-refractivity contribution >= 4 is 0 Å². The van der Waals surface area contributed by atoms with Crippen molar-refractivity contribution in [2.24, 2.45) is 0 Å². The van der Waals surface area contributed by atoms with Crippen LogP contribution < -0.4 is 0 Å². The molecule has 2 nitrogen and oxygen atoms in total. The van der Waals surface area contributed by atoms with Crippen LogP contribution in [0.1, 0.15) is 27.7 Å². The van der Waals surface area contributed by atoms with Gasteiger partial charge in [0, 0.05) is 31.7 Å². The minimum absolute atomic E-state index is 0.707. The van der Waals surface area contributed by atoms with E-state index in [9.17, 15) is 0 Å². The summed E-state index contributed by atoms with van der Waals surface area (Å²) in [5.74, 6) is 0. The first-order valence-electron chi connectivity index (χ1n) is 5.13. The number of piperazine rings is 1. The average Bonchev–Trinajstić information content (AvgIpc) is 2.03. The van der Waals surface area contributed by atoms with Crippen LogP contribution in [0.5, 0.6) is 0 Å². The van der Waals surface area contributed by atoms with Gasteiger partial charge in [-0.2, -0.15) is 0 Å². The van der Waals surface area contributed by atoms with Gasteiger partial charge in [-0.3, -0.25) is 4.90 Å². The first-order valence-corrected chi connectivity index (χ1v) is 5.13. The maximum atomic E-state index is 2.59. The molecule has 1 rings (SSSR count). The van der Waals surface area contributed by atoms with Crippen LogP contribution in [0.2, 0.25) is 0 Å². The Morgan fingerprint density at radius 1 is 1.33 bits per heavy atom. The summed E-state index contributed by atoms with van der Waals surface area (Å²) in [6, 6.07) is 1.44. The molecule has 1 aliphatic rings. The molecule has 1 atom stereocenters. The normalized spacial score (nSPS) is 28.2. The van der Waals surface area contributed by atoms with Crippen LogP contribution in [0, 0.1) is 0 Å². The van der Waals surface area contributed by atoms with Crippen molar-refractivity contribution in [2.45, 2.75) is 39.8 Å². The quantitative estimate of drug-likeness (QED) is 0.618. The van der Waals surface area contributed by atoms with Crippen LogP contribution >= 0.6 is 0 Å². The lowest BCUT2D eigenvalue weighted by Gasteiger charge is -2.41. The lowest BCUT2D eigenvalue weighted by molar-refractivity contribution is 0.0633. The summed E-state index contributed by atoms with van der Waals surface area (Å²) >= 11 is 0. The van der Waals surface area contributed by atoms with Crippen LogP contribution in [0.15, 0.2) is 0 Å². The Morgan fingerprint density at radius 2 is 2.00 bits per heavy atom. The van der Waals surface area contributed by atoms with Gasteiger partial charge in [0.25, 0.3) is 0 Å². The second kappa shape index (κ2) is 4.24. The zero-order chi connectivity index (χ0) is 9.14. The van der Waals surface area contributed by atoms with E-state index in [4.69, 9.17) is 0 Å². The molecular formula is C10H22N2. The van der Waals surface area contributed by atoms with Gasteiger partial charge in [-0.1, -0.05) is 6.92 Å². The highest BCUT2D eigenvalue weighted by atomic mass is 15.3. The van der Waals surface area contributed by atoms with E-state index in [1.807, 2.05) is 0 Å². The van der Waals surface area contributed by atoms with E-state index < -0.39 is 0 Å². The minimum Gasteiger partial charge on any atom is -0.301 e. The molecule has 0 aromatic carbocycles. The molecule has 0 radical (unpaired) electrons. The summed E-state index contributed by atoms with van der Waals surface area (Å²) in [6.07, 6.45) is 0. The predicted octanol–water partition coefficient (Wildman–Crippen LogP) is 1.42. The van der Waals surface area contributed by atoms with Gasteiger partial charge in [-0.05, 0) is 27.3 Å². The van der Waals surface area contributed by atoms with Gasteiger partial charge in [0.05, 0.1) is 0 Å². The van der Waals surface area contributed by atoms with Crippen molar-refractivity contribution in [3.8, 4) is 0 Å². The van der Waals surface area contributed by atoms with E-state index in [1.165, 1.54) is 26.2 Å². The summed E-state index contributed by atoms with van der Waals surface area (Å²) in [5.41, 5.74) is 0. The first-order chi connectivity index (χ1) is 5.65. The highest BCUT2D eigenvalue weighted by Crippen LogP contribution is 2.11. The van der Waals surface area contributed by atoms with Gasteiger partial charge in [0.1, 0.15) is 0 Å². The molecule has 1 saturated heterocycles. The maximum Gasteiger partial charge on any atom is 0.0198 e. The van der Waals surface area contributed by atoms with E-state index in [0.717, 1.165) is 6.04 Å². The molecule has 0 N–H and O–H groups in total. The number of hydrogen-bond acceptors (Lipinski definition) is 2. The van der Waals surface area contributed by atoms with Crippen molar-refractivity contribution in [3.63, 3.8) is 0 Å². The molecule has 2 heteroatoms. The van der Waals surface area contributed by atoms with E-state index in [1.54, 1.807) is 0 Å². The molecule has 0 saturated carbocycles. The van der Waals surface area contributed by atoms with E-state index >= 15 is 0 Å². The highest BCUT2D eigenvalue weighted by molar-refractivity contribution is 4.80. The third-order valence-electron chi connectivity index (χ3n) is 2.87. The Kier molecular flexibility index (Phi) is 3.53.